The minimum Gasteiger partial charge on any atom is -0.303 e. The molecule has 1 aliphatic rings. The van der Waals surface area contributed by atoms with Crippen LogP contribution in [0.3, 0.4) is 0 Å². The van der Waals surface area contributed by atoms with Crippen LogP contribution in [0.5, 0.6) is 0 Å². The van der Waals surface area contributed by atoms with Crippen LogP contribution in [-0.2, 0) is 0 Å². The van der Waals surface area contributed by atoms with E-state index in [2.05, 4.69) is 38.3 Å². The normalized spacial score (nSPS) is 24.0. The third-order valence-electron chi connectivity index (χ3n) is 3.54. The molecule has 0 bridgehead atoms. The summed E-state index contributed by atoms with van der Waals surface area (Å²) in [6.45, 7) is 11.0. The Bertz CT molecular complexity index is 179. The molecule has 1 atom stereocenters. The molecule has 0 N–H and O–H groups in total. The van der Waals surface area contributed by atoms with Gasteiger partial charge in [-0.05, 0) is 55.9 Å². The molecule has 0 aromatic rings. The van der Waals surface area contributed by atoms with Gasteiger partial charge in [-0.1, -0.05) is 20.8 Å². The lowest BCUT2D eigenvalue weighted by Gasteiger charge is -2.38. The lowest BCUT2D eigenvalue weighted by Crippen LogP contribution is -2.40. The van der Waals surface area contributed by atoms with E-state index >= 15 is 0 Å². The maximum Gasteiger partial charge on any atom is 0.00327 e. The summed E-state index contributed by atoms with van der Waals surface area (Å²) in [6.07, 6.45) is 5.39. The highest BCUT2D eigenvalue weighted by atomic mass is 32.1. The quantitative estimate of drug-likeness (QED) is 0.707. The molecule has 1 saturated heterocycles. The maximum atomic E-state index is 4.29. The fourth-order valence-electron chi connectivity index (χ4n) is 2.50. The SMILES string of the molecule is CC(CCS)CCN1CCCC(C)(C)C1. The van der Waals surface area contributed by atoms with Crippen molar-refractivity contribution in [2.45, 2.75) is 46.5 Å². The van der Waals surface area contributed by atoms with E-state index in [1.807, 2.05) is 0 Å². The van der Waals surface area contributed by atoms with Gasteiger partial charge in [0.15, 0.2) is 0 Å². The summed E-state index contributed by atoms with van der Waals surface area (Å²) in [5.74, 6) is 1.87. The maximum absolute atomic E-state index is 4.29. The molecule has 0 amide bonds. The van der Waals surface area contributed by atoms with Gasteiger partial charge in [0.2, 0.25) is 0 Å². The van der Waals surface area contributed by atoms with Gasteiger partial charge in [0.05, 0.1) is 0 Å². The van der Waals surface area contributed by atoms with Gasteiger partial charge in [-0.25, -0.2) is 0 Å². The topological polar surface area (TPSA) is 3.24 Å². The molecule has 0 spiro atoms. The van der Waals surface area contributed by atoms with Crippen molar-refractivity contribution in [3.63, 3.8) is 0 Å². The van der Waals surface area contributed by atoms with Gasteiger partial charge in [0.1, 0.15) is 0 Å². The van der Waals surface area contributed by atoms with Gasteiger partial charge in [0, 0.05) is 6.54 Å². The van der Waals surface area contributed by atoms with E-state index in [9.17, 15) is 0 Å². The zero-order valence-corrected chi connectivity index (χ0v) is 11.5. The molecule has 15 heavy (non-hydrogen) atoms. The highest BCUT2D eigenvalue weighted by Gasteiger charge is 2.25. The number of hydrogen-bond donors (Lipinski definition) is 1. The van der Waals surface area contributed by atoms with Crippen LogP contribution >= 0.6 is 12.6 Å². The molecule has 1 heterocycles. The number of nitrogens with zero attached hydrogens (tertiary/aromatic N) is 1. The van der Waals surface area contributed by atoms with E-state index in [1.165, 1.54) is 45.3 Å². The molecule has 90 valence electrons. The lowest BCUT2D eigenvalue weighted by atomic mass is 9.84. The first-order valence-corrected chi connectivity index (χ1v) is 7.00. The van der Waals surface area contributed by atoms with E-state index in [-0.39, 0.29) is 0 Å². The second kappa shape index (κ2) is 6.15. The second-order valence-electron chi connectivity index (χ2n) is 5.95. The Balaban J connectivity index is 2.21. The molecule has 1 rings (SSSR count). The van der Waals surface area contributed by atoms with Crippen LogP contribution in [0.15, 0.2) is 0 Å². The molecule has 1 nitrogen and oxygen atoms in total. The van der Waals surface area contributed by atoms with Gasteiger partial charge >= 0.3 is 0 Å². The number of likely N-dealkylation sites (tertiary alicyclic amines) is 1. The molecular formula is C13H27NS. The van der Waals surface area contributed by atoms with Crippen LogP contribution in [0.25, 0.3) is 0 Å². The minimum absolute atomic E-state index is 0.547. The predicted octanol–water partition coefficient (Wildman–Crippen LogP) is 3.45. The summed E-state index contributed by atoms with van der Waals surface area (Å²) < 4.78 is 0. The fourth-order valence-corrected chi connectivity index (χ4v) is 2.94. The molecule has 1 fully saturated rings. The van der Waals surface area contributed by atoms with Gasteiger partial charge < -0.3 is 4.90 Å². The first-order chi connectivity index (χ1) is 7.03. The van der Waals surface area contributed by atoms with E-state index in [0.29, 0.717) is 5.41 Å². The standard InChI is InChI=1S/C13H27NS/c1-12(6-10-15)5-9-14-8-4-7-13(2,3)11-14/h12,15H,4-11H2,1-3H3. The van der Waals surface area contributed by atoms with Crippen LogP contribution < -0.4 is 0 Å². The van der Waals surface area contributed by atoms with Crippen LogP contribution in [0.1, 0.15) is 46.5 Å². The summed E-state index contributed by atoms with van der Waals surface area (Å²) in [7, 11) is 0. The molecule has 0 radical (unpaired) electrons. The van der Waals surface area contributed by atoms with E-state index in [0.717, 1.165) is 11.7 Å². The Labute approximate surface area is 101 Å². The van der Waals surface area contributed by atoms with Crippen molar-refractivity contribution in [2.75, 3.05) is 25.4 Å². The lowest BCUT2D eigenvalue weighted by molar-refractivity contribution is 0.112. The number of hydrogen-bond acceptors (Lipinski definition) is 2. The highest BCUT2D eigenvalue weighted by Crippen LogP contribution is 2.28. The van der Waals surface area contributed by atoms with Crippen molar-refractivity contribution < 1.29 is 0 Å². The first-order valence-electron chi connectivity index (χ1n) is 6.37. The van der Waals surface area contributed by atoms with Crippen molar-refractivity contribution in [1.29, 1.82) is 0 Å². The Morgan fingerprint density at radius 1 is 1.33 bits per heavy atom. The first kappa shape index (κ1) is 13.4. The molecule has 0 aromatic heterocycles. The van der Waals surface area contributed by atoms with Crippen LogP contribution in [0.4, 0.5) is 0 Å². The Morgan fingerprint density at radius 3 is 2.67 bits per heavy atom. The molecule has 0 aliphatic carbocycles. The van der Waals surface area contributed by atoms with E-state index in [1.54, 1.807) is 0 Å². The minimum atomic E-state index is 0.547. The zero-order chi connectivity index (χ0) is 11.3. The van der Waals surface area contributed by atoms with E-state index in [4.69, 9.17) is 0 Å². The second-order valence-corrected chi connectivity index (χ2v) is 6.40. The van der Waals surface area contributed by atoms with Gasteiger partial charge in [-0.3, -0.25) is 0 Å². The summed E-state index contributed by atoms with van der Waals surface area (Å²) in [4.78, 5) is 2.65. The molecule has 0 saturated carbocycles. The summed E-state index contributed by atoms with van der Waals surface area (Å²) in [5, 5.41) is 0. The number of thiol groups is 1. The molecule has 1 aliphatic heterocycles. The van der Waals surface area contributed by atoms with Crippen molar-refractivity contribution >= 4 is 12.6 Å². The number of rotatable bonds is 5. The van der Waals surface area contributed by atoms with Crippen molar-refractivity contribution in [3.8, 4) is 0 Å². The number of piperidine rings is 1. The van der Waals surface area contributed by atoms with Crippen LogP contribution in [0.2, 0.25) is 0 Å². The van der Waals surface area contributed by atoms with Crippen LogP contribution in [0, 0.1) is 11.3 Å². The summed E-state index contributed by atoms with van der Waals surface area (Å²) in [5.41, 5.74) is 0.547. The third kappa shape index (κ3) is 5.26. The van der Waals surface area contributed by atoms with Crippen molar-refractivity contribution in [3.05, 3.63) is 0 Å². The van der Waals surface area contributed by atoms with Gasteiger partial charge in [-0.2, -0.15) is 12.6 Å². The molecule has 0 aromatic carbocycles. The third-order valence-corrected chi connectivity index (χ3v) is 3.80. The Morgan fingerprint density at radius 2 is 2.07 bits per heavy atom. The highest BCUT2D eigenvalue weighted by molar-refractivity contribution is 7.80. The summed E-state index contributed by atoms with van der Waals surface area (Å²) in [6, 6.07) is 0. The van der Waals surface area contributed by atoms with Crippen LogP contribution in [-0.4, -0.2) is 30.3 Å². The monoisotopic (exact) mass is 229 g/mol. The Hall–Kier alpha value is 0.310. The average Bonchev–Trinajstić information content (AvgIpc) is 2.14. The zero-order valence-electron chi connectivity index (χ0n) is 10.6. The molecule has 1 unspecified atom stereocenters. The average molecular weight is 229 g/mol. The van der Waals surface area contributed by atoms with Gasteiger partial charge in [0.25, 0.3) is 0 Å². The van der Waals surface area contributed by atoms with E-state index < -0.39 is 0 Å². The predicted molar refractivity (Wildman–Crippen MR) is 71.7 cm³/mol. The van der Waals surface area contributed by atoms with Crippen molar-refractivity contribution in [1.82, 2.24) is 4.90 Å². The molecular weight excluding hydrogens is 202 g/mol. The molecule has 2 heteroatoms. The van der Waals surface area contributed by atoms with Gasteiger partial charge in [-0.15, -0.1) is 0 Å². The van der Waals surface area contributed by atoms with Crippen molar-refractivity contribution in [2.24, 2.45) is 11.3 Å². The summed E-state index contributed by atoms with van der Waals surface area (Å²) >= 11 is 4.29. The largest absolute Gasteiger partial charge is 0.303 e. The fraction of sp³-hybridized carbons (Fsp3) is 1.00. The smallest absolute Gasteiger partial charge is 0.00327 e. The Kier molecular flexibility index (Phi) is 5.48.